The highest BCUT2D eigenvalue weighted by atomic mass is 32.1. The Morgan fingerprint density at radius 2 is 2.13 bits per heavy atom. The van der Waals surface area contributed by atoms with E-state index in [2.05, 4.69) is 10.6 Å². The second kappa shape index (κ2) is 8.45. The summed E-state index contributed by atoms with van der Waals surface area (Å²) in [6.45, 7) is 1.90. The van der Waals surface area contributed by atoms with E-state index in [0.717, 1.165) is 24.1 Å². The molecule has 2 aromatic rings. The standard InChI is InChI=1S/C17H20N2O3S/c1-2-3-7-16(21)19-17(23)18-13-6-4-5-12(10-13)15-9-8-14(11-20)22-15/h4-6,8-10,20H,2-3,7,11H2,1H3,(H2,18,19,21,23). The van der Waals surface area contributed by atoms with Crippen LogP contribution in [0.15, 0.2) is 40.8 Å². The van der Waals surface area contributed by atoms with Gasteiger partial charge in [0.05, 0.1) is 0 Å². The molecular weight excluding hydrogens is 312 g/mol. The van der Waals surface area contributed by atoms with Gasteiger partial charge >= 0.3 is 0 Å². The van der Waals surface area contributed by atoms with Crippen molar-refractivity contribution in [3.63, 3.8) is 0 Å². The van der Waals surface area contributed by atoms with Gasteiger partial charge in [-0.3, -0.25) is 4.79 Å². The molecule has 0 saturated heterocycles. The molecule has 2 rings (SSSR count). The summed E-state index contributed by atoms with van der Waals surface area (Å²) >= 11 is 5.15. The molecule has 0 spiro atoms. The summed E-state index contributed by atoms with van der Waals surface area (Å²) in [5.74, 6) is 1.09. The first-order valence-corrected chi connectivity index (χ1v) is 7.94. The van der Waals surface area contributed by atoms with Crippen molar-refractivity contribution in [2.45, 2.75) is 32.8 Å². The van der Waals surface area contributed by atoms with Gasteiger partial charge < -0.3 is 20.2 Å². The van der Waals surface area contributed by atoms with Crippen LogP contribution < -0.4 is 10.6 Å². The zero-order valence-electron chi connectivity index (χ0n) is 13.0. The molecule has 23 heavy (non-hydrogen) atoms. The molecule has 0 atom stereocenters. The number of thiocarbonyl (C=S) groups is 1. The predicted octanol–water partition coefficient (Wildman–Crippen LogP) is 3.44. The summed E-state index contributed by atoms with van der Waals surface area (Å²) in [7, 11) is 0. The number of carbonyl (C=O) groups is 1. The van der Waals surface area contributed by atoms with Crippen LogP contribution in [-0.2, 0) is 11.4 Å². The third kappa shape index (κ3) is 5.19. The highest BCUT2D eigenvalue weighted by Crippen LogP contribution is 2.24. The van der Waals surface area contributed by atoms with E-state index in [-0.39, 0.29) is 17.6 Å². The van der Waals surface area contributed by atoms with Gasteiger partial charge in [0, 0.05) is 17.7 Å². The monoisotopic (exact) mass is 332 g/mol. The fourth-order valence-electron chi connectivity index (χ4n) is 2.06. The Bertz CT molecular complexity index is 682. The van der Waals surface area contributed by atoms with Crippen molar-refractivity contribution in [1.29, 1.82) is 0 Å². The van der Waals surface area contributed by atoms with Gasteiger partial charge in [0.2, 0.25) is 5.91 Å². The fourth-order valence-corrected chi connectivity index (χ4v) is 2.29. The number of furan rings is 1. The minimum absolute atomic E-state index is 0.0841. The number of amides is 1. The van der Waals surface area contributed by atoms with Gasteiger partial charge in [-0.2, -0.15) is 0 Å². The van der Waals surface area contributed by atoms with Crippen molar-refractivity contribution in [1.82, 2.24) is 5.32 Å². The van der Waals surface area contributed by atoms with Crippen LogP contribution >= 0.6 is 12.2 Å². The lowest BCUT2D eigenvalue weighted by molar-refractivity contribution is -0.119. The number of unbranched alkanes of at least 4 members (excludes halogenated alkanes) is 1. The smallest absolute Gasteiger partial charge is 0.226 e. The average Bonchev–Trinajstić information content (AvgIpc) is 3.02. The van der Waals surface area contributed by atoms with Gasteiger partial charge in [-0.05, 0) is 42.9 Å². The van der Waals surface area contributed by atoms with Crippen molar-refractivity contribution >= 4 is 28.9 Å². The Kier molecular flexibility index (Phi) is 6.31. The van der Waals surface area contributed by atoms with Crippen LogP contribution in [-0.4, -0.2) is 16.1 Å². The molecule has 0 unspecified atom stereocenters. The van der Waals surface area contributed by atoms with E-state index >= 15 is 0 Å². The SMILES string of the molecule is CCCCC(=O)NC(=S)Nc1cccc(-c2ccc(CO)o2)c1. The Morgan fingerprint density at radius 3 is 2.83 bits per heavy atom. The van der Waals surface area contributed by atoms with Gasteiger partial charge in [-0.15, -0.1) is 0 Å². The predicted molar refractivity (Wildman–Crippen MR) is 94.0 cm³/mol. The molecule has 1 aromatic heterocycles. The molecule has 0 aliphatic carbocycles. The number of carbonyl (C=O) groups excluding carboxylic acids is 1. The summed E-state index contributed by atoms with van der Waals surface area (Å²) in [5, 5.41) is 15.0. The molecule has 3 N–H and O–H groups in total. The van der Waals surface area contributed by atoms with E-state index in [1.165, 1.54) is 0 Å². The van der Waals surface area contributed by atoms with E-state index in [0.29, 0.717) is 17.9 Å². The Balaban J connectivity index is 1.99. The zero-order valence-corrected chi connectivity index (χ0v) is 13.8. The number of anilines is 1. The average molecular weight is 332 g/mol. The Morgan fingerprint density at radius 1 is 1.30 bits per heavy atom. The summed E-state index contributed by atoms with van der Waals surface area (Å²) in [5.41, 5.74) is 1.61. The molecule has 5 nitrogen and oxygen atoms in total. The summed E-state index contributed by atoms with van der Waals surface area (Å²) in [6.07, 6.45) is 2.28. The van der Waals surface area contributed by atoms with Crippen LogP contribution in [0.1, 0.15) is 31.9 Å². The number of nitrogens with one attached hydrogen (secondary N) is 2. The molecular formula is C17H20N2O3S. The molecule has 1 aromatic carbocycles. The molecule has 0 radical (unpaired) electrons. The van der Waals surface area contributed by atoms with Crippen LogP contribution in [0.25, 0.3) is 11.3 Å². The van der Waals surface area contributed by atoms with Crippen LogP contribution in [0.3, 0.4) is 0 Å². The molecule has 1 amide bonds. The van der Waals surface area contributed by atoms with E-state index in [4.69, 9.17) is 21.7 Å². The quantitative estimate of drug-likeness (QED) is 0.707. The number of hydrogen-bond donors (Lipinski definition) is 3. The van der Waals surface area contributed by atoms with Gasteiger partial charge in [-0.25, -0.2) is 0 Å². The first-order valence-electron chi connectivity index (χ1n) is 7.53. The van der Waals surface area contributed by atoms with E-state index in [1.807, 2.05) is 31.2 Å². The highest BCUT2D eigenvalue weighted by Gasteiger charge is 2.07. The summed E-state index contributed by atoms with van der Waals surface area (Å²) in [4.78, 5) is 11.6. The van der Waals surface area contributed by atoms with Crippen molar-refractivity contribution in [3.05, 3.63) is 42.2 Å². The largest absolute Gasteiger partial charge is 0.459 e. The number of rotatable bonds is 6. The molecule has 1 heterocycles. The maximum atomic E-state index is 11.6. The van der Waals surface area contributed by atoms with E-state index in [1.54, 1.807) is 12.1 Å². The second-order valence-corrected chi connectivity index (χ2v) is 5.52. The maximum Gasteiger partial charge on any atom is 0.226 e. The third-order valence-corrected chi connectivity index (χ3v) is 3.44. The molecule has 0 saturated carbocycles. The minimum atomic E-state index is -0.133. The van der Waals surface area contributed by atoms with Crippen LogP contribution in [0.2, 0.25) is 0 Å². The lowest BCUT2D eigenvalue weighted by Gasteiger charge is -2.10. The van der Waals surface area contributed by atoms with Crippen molar-refractivity contribution in [3.8, 4) is 11.3 Å². The Hall–Kier alpha value is -2.18. The van der Waals surface area contributed by atoms with Crippen molar-refractivity contribution < 1.29 is 14.3 Å². The number of aliphatic hydroxyl groups is 1. The lowest BCUT2D eigenvalue weighted by atomic mass is 10.1. The normalized spacial score (nSPS) is 10.3. The number of benzene rings is 1. The number of aliphatic hydroxyl groups excluding tert-OH is 1. The fraction of sp³-hybridized carbons (Fsp3) is 0.294. The first kappa shape index (κ1) is 17.2. The first-order chi connectivity index (χ1) is 11.1. The molecule has 0 bridgehead atoms. The second-order valence-electron chi connectivity index (χ2n) is 5.11. The van der Waals surface area contributed by atoms with Gasteiger partial charge in [-0.1, -0.05) is 25.5 Å². The molecule has 6 heteroatoms. The van der Waals surface area contributed by atoms with Gasteiger partial charge in [0.15, 0.2) is 5.11 Å². The Labute approximate surface area is 140 Å². The molecule has 0 aliphatic heterocycles. The zero-order chi connectivity index (χ0) is 16.7. The van der Waals surface area contributed by atoms with Crippen LogP contribution in [0, 0.1) is 0 Å². The minimum Gasteiger partial charge on any atom is -0.459 e. The van der Waals surface area contributed by atoms with Crippen molar-refractivity contribution in [2.24, 2.45) is 0 Å². The third-order valence-electron chi connectivity index (χ3n) is 3.23. The van der Waals surface area contributed by atoms with Gasteiger partial charge in [0.25, 0.3) is 0 Å². The van der Waals surface area contributed by atoms with Crippen LogP contribution in [0.4, 0.5) is 5.69 Å². The number of hydrogen-bond acceptors (Lipinski definition) is 4. The summed E-state index contributed by atoms with van der Waals surface area (Å²) < 4.78 is 5.51. The maximum absolute atomic E-state index is 11.6. The lowest BCUT2D eigenvalue weighted by Crippen LogP contribution is -2.33. The topological polar surface area (TPSA) is 74.5 Å². The van der Waals surface area contributed by atoms with E-state index < -0.39 is 0 Å². The van der Waals surface area contributed by atoms with Crippen LogP contribution in [0.5, 0.6) is 0 Å². The van der Waals surface area contributed by atoms with Crippen molar-refractivity contribution in [2.75, 3.05) is 5.32 Å². The highest BCUT2D eigenvalue weighted by molar-refractivity contribution is 7.80. The summed E-state index contributed by atoms with van der Waals surface area (Å²) in [6, 6.07) is 11.0. The molecule has 0 fully saturated rings. The molecule has 122 valence electrons. The van der Waals surface area contributed by atoms with E-state index in [9.17, 15) is 4.79 Å². The van der Waals surface area contributed by atoms with Gasteiger partial charge in [0.1, 0.15) is 18.1 Å². The molecule has 0 aliphatic rings.